The summed E-state index contributed by atoms with van der Waals surface area (Å²) in [5.41, 5.74) is 6.78. The van der Waals surface area contributed by atoms with Crippen molar-refractivity contribution >= 4 is 29.2 Å². The van der Waals surface area contributed by atoms with Gasteiger partial charge in [0.1, 0.15) is 0 Å². The molecule has 5 nitrogen and oxygen atoms in total. The molecule has 0 bridgehead atoms. The molecule has 0 radical (unpaired) electrons. The van der Waals surface area contributed by atoms with Gasteiger partial charge in [0, 0.05) is 21.2 Å². The highest BCUT2D eigenvalue weighted by molar-refractivity contribution is 8.06. The Kier molecular flexibility index (Phi) is 2.49. The molecule has 0 amide bonds. The van der Waals surface area contributed by atoms with Gasteiger partial charge in [0.15, 0.2) is 5.82 Å². The summed E-state index contributed by atoms with van der Waals surface area (Å²) in [6.45, 7) is 0. The molecule has 2 heterocycles. The van der Waals surface area contributed by atoms with Crippen molar-refractivity contribution in [3.63, 3.8) is 0 Å². The van der Waals surface area contributed by atoms with Crippen LogP contribution in [0.3, 0.4) is 0 Å². The number of rotatable bonds is 1. The molecule has 2 aromatic rings. The standard InChI is InChI=1S/C9H9N5S2/c10-5-2-1-3-6-8(5)16-7(4-15-6)9-11-13-14-12-9/h1-3,7H,4,10H2,(H,11,12,13,14). The van der Waals surface area contributed by atoms with Gasteiger partial charge in [-0.25, -0.2) is 0 Å². The highest BCUT2D eigenvalue weighted by Crippen LogP contribution is 2.49. The lowest BCUT2D eigenvalue weighted by molar-refractivity contribution is 0.881. The van der Waals surface area contributed by atoms with Crippen molar-refractivity contribution in [3.8, 4) is 0 Å². The van der Waals surface area contributed by atoms with Gasteiger partial charge in [-0.15, -0.1) is 33.7 Å². The topological polar surface area (TPSA) is 80.5 Å². The van der Waals surface area contributed by atoms with Gasteiger partial charge in [-0.05, 0) is 12.1 Å². The highest BCUT2D eigenvalue weighted by Gasteiger charge is 2.25. The van der Waals surface area contributed by atoms with Crippen LogP contribution in [0.2, 0.25) is 0 Å². The second kappa shape index (κ2) is 3.99. The third kappa shape index (κ3) is 1.65. The lowest BCUT2D eigenvalue weighted by atomic mass is 10.3. The molecule has 7 heteroatoms. The van der Waals surface area contributed by atoms with Crippen molar-refractivity contribution in [1.29, 1.82) is 0 Å². The number of benzene rings is 1. The first-order valence-electron chi connectivity index (χ1n) is 4.76. The average molecular weight is 251 g/mol. The first-order valence-corrected chi connectivity index (χ1v) is 6.62. The van der Waals surface area contributed by atoms with E-state index < -0.39 is 0 Å². The molecule has 82 valence electrons. The molecule has 16 heavy (non-hydrogen) atoms. The molecule has 3 rings (SSSR count). The third-order valence-corrected chi connectivity index (χ3v) is 5.15. The summed E-state index contributed by atoms with van der Waals surface area (Å²) in [6.07, 6.45) is 0. The minimum absolute atomic E-state index is 0.223. The zero-order valence-corrected chi connectivity index (χ0v) is 9.88. The number of aromatic amines is 1. The smallest absolute Gasteiger partial charge is 0.188 e. The van der Waals surface area contributed by atoms with Crippen LogP contribution in [0.15, 0.2) is 28.0 Å². The molecule has 3 N–H and O–H groups in total. The fourth-order valence-corrected chi connectivity index (χ4v) is 4.13. The lowest BCUT2D eigenvalue weighted by Gasteiger charge is -2.22. The zero-order chi connectivity index (χ0) is 11.0. The number of hydrogen-bond acceptors (Lipinski definition) is 6. The Morgan fingerprint density at radius 2 is 2.38 bits per heavy atom. The molecule has 0 aliphatic carbocycles. The molecule has 1 aromatic heterocycles. The quantitative estimate of drug-likeness (QED) is 0.751. The van der Waals surface area contributed by atoms with Crippen molar-refractivity contribution in [2.45, 2.75) is 15.0 Å². The maximum Gasteiger partial charge on any atom is 0.188 e. The summed E-state index contributed by atoms with van der Waals surface area (Å²) in [5, 5.41) is 14.3. The van der Waals surface area contributed by atoms with Crippen molar-refractivity contribution in [2.75, 3.05) is 11.5 Å². The number of hydrogen-bond donors (Lipinski definition) is 2. The summed E-state index contributed by atoms with van der Waals surface area (Å²) in [5.74, 6) is 1.69. The number of tetrazole rings is 1. The Morgan fingerprint density at radius 3 is 3.19 bits per heavy atom. The summed E-state index contributed by atoms with van der Waals surface area (Å²) in [6, 6.07) is 6.00. The predicted molar refractivity (Wildman–Crippen MR) is 64.4 cm³/mol. The monoisotopic (exact) mass is 251 g/mol. The molecule has 1 atom stereocenters. The van der Waals surface area contributed by atoms with E-state index in [1.807, 2.05) is 12.1 Å². The van der Waals surface area contributed by atoms with E-state index in [4.69, 9.17) is 5.73 Å². The fraction of sp³-hybridized carbons (Fsp3) is 0.222. The number of H-pyrrole nitrogens is 1. The molecule has 1 aliphatic rings. The van der Waals surface area contributed by atoms with Gasteiger partial charge in [0.25, 0.3) is 0 Å². The summed E-state index contributed by atoms with van der Waals surface area (Å²) in [7, 11) is 0. The highest BCUT2D eigenvalue weighted by atomic mass is 32.2. The molecule has 1 unspecified atom stereocenters. The van der Waals surface area contributed by atoms with Crippen LogP contribution in [0.5, 0.6) is 0 Å². The van der Waals surface area contributed by atoms with Gasteiger partial charge in [-0.1, -0.05) is 11.3 Å². The minimum Gasteiger partial charge on any atom is -0.398 e. The summed E-state index contributed by atoms with van der Waals surface area (Å²) in [4.78, 5) is 2.37. The number of nitrogens with two attached hydrogens (primary N) is 1. The SMILES string of the molecule is Nc1cccc2c1SC(c1nn[nH]n1)CS2. The number of fused-ring (bicyclic) bond motifs is 1. The normalized spacial score (nSPS) is 19.4. The van der Waals surface area contributed by atoms with Gasteiger partial charge in [0.2, 0.25) is 0 Å². The number of nitrogen functional groups attached to an aromatic ring is 1. The second-order valence-electron chi connectivity index (χ2n) is 3.36. The van der Waals surface area contributed by atoms with E-state index in [0.717, 1.165) is 22.2 Å². The number of aromatic nitrogens is 4. The van der Waals surface area contributed by atoms with Crippen LogP contribution in [0.1, 0.15) is 11.1 Å². The maximum atomic E-state index is 5.96. The van der Waals surface area contributed by atoms with Crippen LogP contribution in [-0.2, 0) is 0 Å². The Bertz CT molecular complexity index is 499. The Balaban J connectivity index is 1.94. The minimum atomic E-state index is 0.223. The fourth-order valence-electron chi connectivity index (χ4n) is 1.55. The van der Waals surface area contributed by atoms with Crippen molar-refractivity contribution in [2.24, 2.45) is 0 Å². The van der Waals surface area contributed by atoms with Crippen LogP contribution in [-0.4, -0.2) is 26.4 Å². The van der Waals surface area contributed by atoms with E-state index in [9.17, 15) is 0 Å². The Morgan fingerprint density at radius 1 is 1.44 bits per heavy atom. The van der Waals surface area contributed by atoms with Crippen molar-refractivity contribution in [1.82, 2.24) is 20.6 Å². The maximum absolute atomic E-state index is 5.96. The Hall–Kier alpha value is -1.21. The van der Waals surface area contributed by atoms with Crippen LogP contribution in [0.25, 0.3) is 0 Å². The lowest BCUT2D eigenvalue weighted by Crippen LogP contribution is -2.06. The average Bonchev–Trinajstić information content (AvgIpc) is 2.83. The predicted octanol–water partition coefficient (Wildman–Crippen LogP) is 1.72. The van der Waals surface area contributed by atoms with E-state index in [1.54, 1.807) is 23.5 Å². The van der Waals surface area contributed by atoms with E-state index in [1.165, 1.54) is 4.90 Å². The largest absolute Gasteiger partial charge is 0.398 e. The molecule has 1 aliphatic heterocycles. The van der Waals surface area contributed by atoms with Crippen LogP contribution < -0.4 is 5.73 Å². The molecule has 0 saturated carbocycles. The zero-order valence-electron chi connectivity index (χ0n) is 8.25. The molecule has 1 aromatic carbocycles. The van der Waals surface area contributed by atoms with Crippen LogP contribution in [0.4, 0.5) is 5.69 Å². The van der Waals surface area contributed by atoms with Gasteiger partial charge in [-0.2, -0.15) is 5.21 Å². The van der Waals surface area contributed by atoms with E-state index in [0.29, 0.717) is 0 Å². The van der Waals surface area contributed by atoms with Gasteiger partial charge < -0.3 is 5.73 Å². The second-order valence-corrected chi connectivity index (χ2v) is 5.64. The molecule has 0 saturated heterocycles. The van der Waals surface area contributed by atoms with Crippen LogP contribution >= 0.6 is 23.5 Å². The number of anilines is 1. The molecular weight excluding hydrogens is 242 g/mol. The first-order chi connectivity index (χ1) is 7.84. The first kappa shape index (κ1) is 9.98. The summed E-state index contributed by atoms with van der Waals surface area (Å²) < 4.78 is 0. The van der Waals surface area contributed by atoms with Gasteiger partial charge in [-0.3, -0.25) is 0 Å². The van der Waals surface area contributed by atoms with E-state index in [-0.39, 0.29) is 5.25 Å². The van der Waals surface area contributed by atoms with Crippen molar-refractivity contribution < 1.29 is 0 Å². The summed E-state index contributed by atoms with van der Waals surface area (Å²) >= 11 is 3.50. The van der Waals surface area contributed by atoms with Gasteiger partial charge in [0.05, 0.1) is 5.25 Å². The van der Waals surface area contributed by atoms with E-state index in [2.05, 4.69) is 26.7 Å². The van der Waals surface area contributed by atoms with E-state index >= 15 is 0 Å². The Labute approximate surface area is 101 Å². The molecular formula is C9H9N5S2. The number of thioether (sulfide) groups is 2. The number of nitrogens with zero attached hydrogens (tertiary/aromatic N) is 3. The van der Waals surface area contributed by atoms with Crippen LogP contribution in [0, 0.1) is 0 Å². The molecule has 0 fully saturated rings. The van der Waals surface area contributed by atoms with Gasteiger partial charge >= 0.3 is 0 Å². The molecule has 0 spiro atoms. The number of nitrogens with one attached hydrogen (secondary N) is 1. The van der Waals surface area contributed by atoms with Crippen molar-refractivity contribution in [3.05, 3.63) is 24.0 Å². The third-order valence-electron chi connectivity index (χ3n) is 2.31.